The average Bonchev–Trinajstić information content (AvgIpc) is 2.35. The first kappa shape index (κ1) is 13.8. The van der Waals surface area contributed by atoms with Crippen LogP contribution in [0.5, 0.6) is 0 Å². The topological polar surface area (TPSA) is 26.0 Å². The van der Waals surface area contributed by atoms with Crippen LogP contribution >= 0.6 is 0 Å². The van der Waals surface area contributed by atoms with Crippen molar-refractivity contribution in [2.24, 2.45) is 17.8 Å². The Morgan fingerprint density at radius 3 is 2.41 bits per heavy atom. The van der Waals surface area contributed by atoms with E-state index in [0.717, 1.165) is 17.2 Å². The number of para-hydroxylation sites is 1. The molecule has 1 nitrogen and oxygen atoms in total. The highest BCUT2D eigenvalue weighted by molar-refractivity contribution is 5.64. The van der Waals surface area contributed by atoms with E-state index in [9.17, 15) is 0 Å². The number of anilines is 1. The molecule has 0 saturated carbocycles. The van der Waals surface area contributed by atoms with Gasteiger partial charge < -0.3 is 5.73 Å². The Morgan fingerprint density at radius 2 is 1.82 bits per heavy atom. The number of nitrogen functional groups attached to an aromatic ring is 1. The highest BCUT2D eigenvalue weighted by Gasteiger charge is 2.15. The minimum atomic E-state index is 0.588. The SMILES string of the molecule is CCC(C)C(C)C(C)/C=C\c1ccccc1N. The van der Waals surface area contributed by atoms with Gasteiger partial charge in [-0.15, -0.1) is 0 Å². The number of benzene rings is 1. The molecule has 2 N–H and O–H groups in total. The minimum absolute atomic E-state index is 0.588. The van der Waals surface area contributed by atoms with E-state index in [1.165, 1.54) is 6.42 Å². The average molecular weight is 231 g/mol. The van der Waals surface area contributed by atoms with Crippen molar-refractivity contribution in [2.45, 2.75) is 34.1 Å². The standard InChI is InChI=1S/C16H25N/c1-5-12(2)14(4)13(3)10-11-15-8-6-7-9-16(15)17/h6-14H,5,17H2,1-4H3/b11-10-. The quantitative estimate of drug-likeness (QED) is 0.736. The summed E-state index contributed by atoms with van der Waals surface area (Å²) in [5.74, 6) is 2.06. The van der Waals surface area contributed by atoms with E-state index in [1.54, 1.807) is 0 Å². The number of rotatable bonds is 5. The van der Waals surface area contributed by atoms with Crippen molar-refractivity contribution in [3.8, 4) is 0 Å². The second-order valence-corrected chi connectivity index (χ2v) is 5.09. The molecule has 0 amide bonds. The van der Waals surface area contributed by atoms with Crippen molar-refractivity contribution in [3.05, 3.63) is 35.9 Å². The number of hydrogen-bond acceptors (Lipinski definition) is 1. The normalized spacial score (nSPS) is 16.9. The van der Waals surface area contributed by atoms with Gasteiger partial charge in [0, 0.05) is 5.69 Å². The van der Waals surface area contributed by atoms with Crippen molar-refractivity contribution in [1.29, 1.82) is 0 Å². The van der Waals surface area contributed by atoms with Gasteiger partial charge in [0.1, 0.15) is 0 Å². The van der Waals surface area contributed by atoms with Gasteiger partial charge in [-0.25, -0.2) is 0 Å². The van der Waals surface area contributed by atoms with Gasteiger partial charge in [-0.3, -0.25) is 0 Å². The molecule has 0 aliphatic carbocycles. The van der Waals surface area contributed by atoms with Gasteiger partial charge in [-0.05, 0) is 29.4 Å². The highest BCUT2D eigenvalue weighted by Crippen LogP contribution is 2.25. The first-order valence-electron chi connectivity index (χ1n) is 6.59. The van der Waals surface area contributed by atoms with Crippen LogP contribution in [-0.4, -0.2) is 0 Å². The van der Waals surface area contributed by atoms with Crippen LogP contribution in [0.2, 0.25) is 0 Å². The fourth-order valence-electron chi connectivity index (χ4n) is 1.98. The van der Waals surface area contributed by atoms with Crippen LogP contribution in [0.1, 0.15) is 39.7 Å². The molecule has 17 heavy (non-hydrogen) atoms. The lowest BCUT2D eigenvalue weighted by molar-refractivity contribution is 0.313. The fraction of sp³-hybridized carbons (Fsp3) is 0.500. The smallest absolute Gasteiger partial charge is 0.0387 e. The molecule has 1 aromatic carbocycles. The number of hydrogen-bond donors (Lipinski definition) is 1. The lowest BCUT2D eigenvalue weighted by Gasteiger charge is -2.22. The molecule has 0 aliphatic heterocycles. The van der Waals surface area contributed by atoms with Crippen molar-refractivity contribution < 1.29 is 0 Å². The van der Waals surface area contributed by atoms with Gasteiger partial charge >= 0.3 is 0 Å². The van der Waals surface area contributed by atoms with Crippen LogP contribution in [0, 0.1) is 17.8 Å². The van der Waals surface area contributed by atoms with Crippen LogP contribution in [0.4, 0.5) is 5.69 Å². The van der Waals surface area contributed by atoms with E-state index in [0.29, 0.717) is 11.8 Å². The van der Waals surface area contributed by atoms with Gasteiger partial charge in [0.25, 0.3) is 0 Å². The summed E-state index contributed by atoms with van der Waals surface area (Å²) in [7, 11) is 0. The maximum absolute atomic E-state index is 5.92. The predicted molar refractivity (Wildman–Crippen MR) is 77.7 cm³/mol. The van der Waals surface area contributed by atoms with Gasteiger partial charge in [-0.1, -0.05) is 64.5 Å². The Labute approximate surface area is 106 Å². The third-order valence-electron chi connectivity index (χ3n) is 3.95. The molecule has 0 spiro atoms. The zero-order valence-electron chi connectivity index (χ0n) is 11.5. The summed E-state index contributed by atoms with van der Waals surface area (Å²) in [6.07, 6.45) is 5.67. The molecule has 3 unspecified atom stereocenters. The summed E-state index contributed by atoms with van der Waals surface area (Å²) in [5.41, 5.74) is 7.89. The first-order chi connectivity index (χ1) is 8.06. The molecule has 0 radical (unpaired) electrons. The first-order valence-corrected chi connectivity index (χ1v) is 6.59. The number of allylic oxidation sites excluding steroid dienone is 1. The Morgan fingerprint density at radius 1 is 1.18 bits per heavy atom. The molecule has 1 rings (SSSR count). The van der Waals surface area contributed by atoms with E-state index in [1.807, 2.05) is 18.2 Å². The van der Waals surface area contributed by atoms with E-state index < -0.39 is 0 Å². The van der Waals surface area contributed by atoms with Gasteiger partial charge in [0.15, 0.2) is 0 Å². The Bertz CT molecular complexity index is 368. The predicted octanol–water partition coefficient (Wildman–Crippen LogP) is 4.60. The van der Waals surface area contributed by atoms with Gasteiger partial charge in [-0.2, -0.15) is 0 Å². The van der Waals surface area contributed by atoms with Gasteiger partial charge in [0.2, 0.25) is 0 Å². The van der Waals surface area contributed by atoms with Crippen molar-refractivity contribution in [3.63, 3.8) is 0 Å². The molecule has 0 bridgehead atoms. The van der Waals surface area contributed by atoms with E-state index >= 15 is 0 Å². The fourth-order valence-corrected chi connectivity index (χ4v) is 1.98. The van der Waals surface area contributed by atoms with E-state index in [2.05, 4.69) is 45.9 Å². The van der Waals surface area contributed by atoms with Crippen LogP contribution in [0.15, 0.2) is 30.3 Å². The zero-order chi connectivity index (χ0) is 12.8. The lowest BCUT2D eigenvalue weighted by Crippen LogP contribution is -2.14. The third-order valence-corrected chi connectivity index (χ3v) is 3.95. The van der Waals surface area contributed by atoms with E-state index in [4.69, 9.17) is 5.73 Å². The van der Waals surface area contributed by atoms with E-state index in [-0.39, 0.29) is 0 Å². The summed E-state index contributed by atoms with van der Waals surface area (Å²) < 4.78 is 0. The molecule has 0 saturated heterocycles. The summed E-state index contributed by atoms with van der Waals surface area (Å²) in [4.78, 5) is 0. The molecule has 0 aromatic heterocycles. The molecule has 0 heterocycles. The summed E-state index contributed by atoms with van der Waals surface area (Å²) in [6.45, 7) is 9.20. The lowest BCUT2D eigenvalue weighted by atomic mass is 9.83. The number of nitrogens with two attached hydrogens (primary N) is 1. The molecule has 94 valence electrons. The molecule has 3 atom stereocenters. The molecule has 0 aliphatic rings. The largest absolute Gasteiger partial charge is 0.398 e. The molecular weight excluding hydrogens is 206 g/mol. The van der Waals surface area contributed by atoms with Crippen molar-refractivity contribution in [2.75, 3.05) is 5.73 Å². The van der Waals surface area contributed by atoms with Crippen LogP contribution in [0.3, 0.4) is 0 Å². The maximum Gasteiger partial charge on any atom is 0.0387 e. The molecular formula is C16H25N. The van der Waals surface area contributed by atoms with Crippen molar-refractivity contribution in [1.82, 2.24) is 0 Å². The van der Waals surface area contributed by atoms with Gasteiger partial charge in [0.05, 0.1) is 0 Å². The summed E-state index contributed by atoms with van der Waals surface area (Å²) in [5, 5.41) is 0. The Kier molecular flexibility index (Phi) is 5.27. The highest BCUT2D eigenvalue weighted by atomic mass is 14.5. The monoisotopic (exact) mass is 231 g/mol. The summed E-state index contributed by atoms with van der Waals surface area (Å²) in [6, 6.07) is 8.01. The van der Waals surface area contributed by atoms with Crippen LogP contribution in [0.25, 0.3) is 6.08 Å². The minimum Gasteiger partial charge on any atom is -0.398 e. The maximum atomic E-state index is 5.92. The zero-order valence-corrected chi connectivity index (χ0v) is 11.5. The molecule has 0 fully saturated rings. The van der Waals surface area contributed by atoms with Crippen LogP contribution < -0.4 is 5.73 Å². The van der Waals surface area contributed by atoms with Crippen molar-refractivity contribution >= 4 is 11.8 Å². The van der Waals surface area contributed by atoms with Crippen LogP contribution in [-0.2, 0) is 0 Å². The summed E-state index contributed by atoms with van der Waals surface area (Å²) >= 11 is 0. The molecule has 1 heteroatoms. The Balaban J connectivity index is 2.68. The third kappa shape index (κ3) is 3.92. The molecule has 1 aromatic rings. The Hall–Kier alpha value is -1.24. The second kappa shape index (κ2) is 6.48. The second-order valence-electron chi connectivity index (χ2n) is 5.09.